The maximum absolute atomic E-state index is 2.53. The molecule has 0 N–H and O–H groups in total. The molecule has 282 valence electrons. The summed E-state index contributed by atoms with van der Waals surface area (Å²) in [5, 5.41) is 2.67. The Kier molecular flexibility index (Phi) is 6.94. The fourth-order valence-corrected chi connectivity index (χ4v) is 12.6. The number of fused-ring (bicyclic) bond motifs is 17. The average Bonchev–Trinajstić information content (AvgIpc) is 3.99. The van der Waals surface area contributed by atoms with E-state index in [1.54, 1.807) is 0 Å². The van der Waals surface area contributed by atoms with E-state index in [0.717, 1.165) is 11.4 Å². The van der Waals surface area contributed by atoms with Gasteiger partial charge >= 0.3 is 0 Å². The zero-order valence-corrected chi connectivity index (χ0v) is 34.2. The molecule has 3 aliphatic rings. The number of rotatable bonds is 4. The van der Waals surface area contributed by atoms with Crippen LogP contribution in [0.5, 0.6) is 0 Å². The van der Waals surface area contributed by atoms with Crippen LogP contribution in [0.4, 0.5) is 17.1 Å². The summed E-state index contributed by atoms with van der Waals surface area (Å²) in [6.45, 7) is 4.76. The third-order valence-corrected chi connectivity index (χ3v) is 15.1. The van der Waals surface area contributed by atoms with Crippen molar-refractivity contribution in [2.45, 2.75) is 24.7 Å². The fraction of sp³-hybridized carbons (Fsp3) is 0.0690. The highest BCUT2D eigenvalue weighted by Gasteiger charge is 2.53. The molecule has 13 rings (SSSR count). The lowest BCUT2D eigenvalue weighted by molar-refractivity contribution is 0.660. The van der Waals surface area contributed by atoms with Crippen LogP contribution in [0.25, 0.3) is 64.7 Å². The molecule has 0 saturated carbocycles. The molecule has 1 aromatic heterocycles. The van der Waals surface area contributed by atoms with Crippen LogP contribution in [-0.2, 0) is 10.8 Å². The van der Waals surface area contributed by atoms with Gasteiger partial charge in [0, 0.05) is 42.5 Å². The van der Waals surface area contributed by atoms with Crippen molar-refractivity contribution >= 4 is 48.6 Å². The van der Waals surface area contributed by atoms with Crippen molar-refractivity contribution in [1.29, 1.82) is 0 Å². The van der Waals surface area contributed by atoms with Crippen LogP contribution in [0, 0.1) is 0 Å². The predicted molar refractivity (Wildman–Crippen MR) is 253 cm³/mol. The van der Waals surface area contributed by atoms with Gasteiger partial charge in [-0.3, -0.25) is 0 Å². The van der Waals surface area contributed by atoms with Gasteiger partial charge < -0.3 is 4.90 Å². The van der Waals surface area contributed by atoms with Crippen molar-refractivity contribution in [3.05, 3.63) is 234 Å². The van der Waals surface area contributed by atoms with Crippen molar-refractivity contribution in [3.8, 4) is 44.5 Å². The van der Waals surface area contributed by atoms with E-state index in [1.807, 2.05) is 11.3 Å². The van der Waals surface area contributed by atoms with Gasteiger partial charge in [-0.05, 0) is 109 Å². The van der Waals surface area contributed by atoms with E-state index in [-0.39, 0.29) is 5.41 Å². The van der Waals surface area contributed by atoms with E-state index >= 15 is 0 Å². The molecular weight excluding hydrogens is 743 g/mol. The lowest BCUT2D eigenvalue weighted by Gasteiger charge is -2.32. The first-order chi connectivity index (χ1) is 29.5. The van der Waals surface area contributed by atoms with Gasteiger partial charge in [0.2, 0.25) is 0 Å². The maximum atomic E-state index is 2.53. The van der Waals surface area contributed by atoms with E-state index in [9.17, 15) is 0 Å². The number of nitrogens with zero attached hydrogens (tertiary/aromatic N) is 1. The summed E-state index contributed by atoms with van der Waals surface area (Å²) >= 11 is 1.95. The predicted octanol–water partition coefficient (Wildman–Crippen LogP) is 15.8. The molecule has 1 heterocycles. The summed E-state index contributed by atoms with van der Waals surface area (Å²) in [4.78, 5) is 2.53. The van der Waals surface area contributed by atoms with E-state index in [1.165, 1.54) is 104 Å². The Hall–Kier alpha value is -7.00. The van der Waals surface area contributed by atoms with Crippen LogP contribution in [0.1, 0.15) is 47.2 Å². The Morgan fingerprint density at radius 3 is 1.78 bits per heavy atom. The highest BCUT2D eigenvalue weighted by molar-refractivity contribution is 7.26. The Morgan fingerprint density at radius 1 is 0.400 bits per heavy atom. The van der Waals surface area contributed by atoms with E-state index in [2.05, 4.69) is 219 Å². The maximum Gasteiger partial charge on any atom is 0.0740 e. The molecule has 0 fully saturated rings. The molecule has 0 aliphatic heterocycles. The number of benzene rings is 9. The Balaban J connectivity index is 1.10. The molecule has 0 bridgehead atoms. The molecule has 3 aliphatic carbocycles. The summed E-state index contributed by atoms with van der Waals surface area (Å²) in [7, 11) is 0. The quantitative estimate of drug-likeness (QED) is 0.172. The molecule has 1 nitrogen and oxygen atoms in total. The third kappa shape index (κ3) is 4.36. The summed E-state index contributed by atoms with van der Waals surface area (Å²) in [6, 6.07) is 75.3. The van der Waals surface area contributed by atoms with Crippen molar-refractivity contribution in [3.63, 3.8) is 0 Å². The smallest absolute Gasteiger partial charge is 0.0740 e. The van der Waals surface area contributed by atoms with Gasteiger partial charge in [-0.2, -0.15) is 0 Å². The zero-order valence-electron chi connectivity index (χ0n) is 33.4. The standard InChI is InChI=1S/C58H39NS/c1-57(2)47-21-10-6-17-40(47)42-32-31-39(35-51(42)57)59(38-29-27-37(28-30-38)36-15-4-3-5-16-36)52-25-14-24-50-54(52)46-20-8-12-23-49(46)58(50)48-22-11-7-18-41(48)44-33-34-45-43-19-9-13-26-53(43)60-56(45)55(44)58/h3-35H,1-2H3. The van der Waals surface area contributed by atoms with Crippen LogP contribution in [-0.4, -0.2) is 0 Å². The zero-order chi connectivity index (χ0) is 39.7. The minimum Gasteiger partial charge on any atom is -0.310 e. The van der Waals surface area contributed by atoms with Crippen molar-refractivity contribution < 1.29 is 0 Å². The van der Waals surface area contributed by atoms with Crippen molar-refractivity contribution in [1.82, 2.24) is 0 Å². The van der Waals surface area contributed by atoms with Crippen LogP contribution in [0.2, 0.25) is 0 Å². The number of hydrogen-bond acceptors (Lipinski definition) is 2. The molecule has 10 aromatic rings. The minimum atomic E-state index is -0.487. The van der Waals surface area contributed by atoms with Gasteiger partial charge in [0.05, 0.1) is 11.1 Å². The second-order valence-electron chi connectivity index (χ2n) is 17.2. The van der Waals surface area contributed by atoms with Gasteiger partial charge in [0.15, 0.2) is 0 Å². The first-order valence-electron chi connectivity index (χ1n) is 21.0. The van der Waals surface area contributed by atoms with Crippen molar-refractivity contribution in [2.75, 3.05) is 4.90 Å². The molecule has 0 saturated heterocycles. The van der Waals surface area contributed by atoms with Gasteiger partial charge in [-0.1, -0.05) is 178 Å². The molecule has 0 amide bonds. The molecule has 1 unspecified atom stereocenters. The van der Waals surface area contributed by atoms with Crippen LogP contribution in [0.3, 0.4) is 0 Å². The Labute approximate surface area is 354 Å². The summed E-state index contributed by atoms with van der Waals surface area (Å²) in [6.07, 6.45) is 0. The fourth-order valence-electron chi connectivity index (χ4n) is 11.3. The van der Waals surface area contributed by atoms with E-state index < -0.39 is 5.41 Å². The van der Waals surface area contributed by atoms with Gasteiger partial charge in [-0.25, -0.2) is 0 Å². The van der Waals surface area contributed by atoms with E-state index in [0.29, 0.717) is 0 Å². The third-order valence-electron chi connectivity index (χ3n) is 13.9. The lowest BCUT2D eigenvalue weighted by atomic mass is 9.70. The first kappa shape index (κ1) is 33.9. The largest absolute Gasteiger partial charge is 0.310 e. The molecule has 0 radical (unpaired) electrons. The molecule has 2 heteroatoms. The normalized spacial score (nSPS) is 16.0. The van der Waals surface area contributed by atoms with Crippen molar-refractivity contribution in [2.24, 2.45) is 0 Å². The molecular formula is C58H39NS. The highest BCUT2D eigenvalue weighted by Crippen LogP contribution is 2.66. The van der Waals surface area contributed by atoms with Crippen LogP contribution >= 0.6 is 11.3 Å². The van der Waals surface area contributed by atoms with Crippen LogP contribution in [0.15, 0.2) is 200 Å². The second-order valence-corrected chi connectivity index (χ2v) is 18.2. The molecule has 60 heavy (non-hydrogen) atoms. The summed E-state index contributed by atoms with van der Waals surface area (Å²) < 4.78 is 2.71. The number of hydrogen-bond donors (Lipinski definition) is 0. The molecule has 9 aromatic carbocycles. The number of anilines is 3. The van der Waals surface area contributed by atoms with E-state index in [4.69, 9.17) is 0 Å². The average molecular weight is 782 g/mol. The summed E-state index contributed by atoms with van der Waals surface area (Å²) in [5.41, 5.74) is 21.4. The Bertz CT molecular complexity index is 3410. The van der Waals surface area contributed by atoms with Gasteiger partial charge in [0.1, 0.15) is 0 Å². The monoisotopic (exact) mass is 781 g/mol. The highest BCUT2D eigenvalue weighted by atomic mass is 32.1. The van der Waals surface area contributed by atoms with Gasteiger partial charge in [-0.15, -0.1) is 11.3 Å². The first-order valence-corrected chi connectivity index (χ1v) is 21.8. The Morgan fingerprint density at radius 2 is 0.983 bits per heavy atom. The summed E-state index contributed by atoms with van der Waals surface area (Å²) in [5.74, 6) is 0. The van der Waals surface area contributed by atoms with Crippen LogP contribution < -0.4 is 4.90 Å². The molecule has 1 spiro atoms. The minimum absolute atomic E-state index is 0.132. The number of thiophene rings is 1. The molecule has 1 atom stereocenters. The SMILES string of the molecule is CC1(C)c2ccccc2-c2ccc(N(c3ccc(-c4ccccc4)cc3)c3cccc4c3-c3ccccc3C43c4ccccc4-c4ccc5c(sc6ccccc65)c43)cc21. The second kappa shape index (κ2) is 12.3. The topological polar surface area (TPSA) is 3.24 Å². The lowest BCUT2D eigenvalue weighted by Crippen LogP contribution is -2.26. The van der Waals surface area contributed by atoms with Gasteiger partial charge in [0.25, 0.3) is 0 Å².